The molecular formula is C17H13F3N2O2S. The Morgan fingerprint density at radius 3 is 2.36 bits per heavy atom. The van der Waals surface area contributed by atoms with E-state index in [1.807, 2.05) is 18.2 Å². The van der Waals surface area contributed by atoms with Crippen molar-refractivity contribution in [3.8, 4) is 11.5 Å². The number of ether oxygens (including phenoxy) is 2. The van der Waals surface area contributed by atoms with E-state index in [-0.39, 0.29) is 18.2 Å². The number of thiophene rings is 1. The van der Waals surface area contributed by atoms with Crippen LogP contribution >= 0.6 is 11.3 Å². The molecule has 130 valence electrons. The van der Waals surface area contributed by atoms with E-state index in [1.165, 1.54) is 35.6 Å². The van der Waals surface area contributed by atoms with E-state index in [0.717, 1.165) is 10.1 Å². The molecule has 0 aliphatic rings. The molecule has 0 saturated heterocycles. The summed E-state index contributed by atoms with van der Waals surface area (Å²) in [7, 11) is 0. The summed E-state index contributed by atoms with van der Waals surface area (Å²) in [6.45, 7) is 0.211. The van der Waals surface area contributed by atoms with Gasteiger partial charge in [-0.25, -0.2) is 0 Å². The Balaban J connectivity index is 1.66. The van der Waals surface area contributed by atoms with Crippen molar-refractivity contribution in [2.45, 2.75) is 13.0 Å². The zero-order valence-corrected chi connectivity index (χ0v) is 13.6. The maximum absolute atomic E-state index is 12.1. The molecule has 1 heterocycles. The molecule has 0 bridgehead atoms. The van der Waals surface area contributed by atoms with Crippen molar-refractivity contribution >= 4 is 27.3 Å². The molecule has 0 atom stereocenters. The molecule has 4 nitrogen and oxygen atoms in total. The molecule has 0 saturated carbocycles. The average molecular weight is 366 g/mol. The Morgan fingerprint density at radius 1 is 1.04 bits per heavy atom. The third-order valence-corrected chi connectivity index (χ3v) is 4.45. The molecule has 0 spiro atoms. The van der Waals surface area contributed by atoms with Gasteiger partial charge in [-0.05, 0) is 47.3 Å². The quantitative estimate of drug-likeness (QED) is 0.510. The average Bonchev–Trinajstić information content (AvgIpc) is 2.96. The van der Waals surface area contributed by atoms with E-state index in [4.69, 9.17) is 15.9 Å². The summed E-state index contributed by atoms with van der Waals surface area (Å²) in [4.78, 5) is 0.687. The number of hydrogen-bond donors (Lipinski definition) is 2. The molecule has 2 aromatic carbocycles. The zero-order valence-electron chi connectivity index (χ0n) is 12.8. The van der Waals surface area contributed by atoms with Gasteiger partial charge in [0.25, 0.3) is 0 Å². The monoisotopic (exact) mass is 366 g/mol. The van der Waals surface area contributed by atoms with Crippen LogP contribution in [-0.2, 0) is 6.61 Å². The molecule has 25 heavy (non-hydrogen) atoms. The van der Waals surface area contributed by atoms with Crippen molar-refractivity contribution < 1.29 is 22.6 Å². The first-order valence-corrected chi connectivity index (χ1v) is 7.97. The summed E-state index contributed by atoms with van der Waals surface area (Å²) in [5.41, 5.74) is 6.20. The number of hydrogen-bond acceptors (Lipinski definition) is 4. The molecular weight excluding hydrogens is 353 g/mol. The largest absolute Gasteiger partial charge is 0.573 e. The lowest BCUT2D eigenvalue weighted by Crippen LogP contribution is -2.17. The minimum Gasteiger partial charge on any atom is -0.489 e. The normalized spacial score (nSPS) is 11.5. The predicted molar refractivity (Wildman–Crippen MR) is 90.3 cm³/mol. The van der Waals surface area contributed by atoms with Crippen LogP contribution in [0, 0.1) is 5.41 Å². The van der Waals surface area contributed by atoms with E-state index in [0.29, 0.717) is 16.2 Å². The fourth-order valence-electron chi connectivity index (χ4n) is 2.19. The molecule has 0 amide bonds. The smallest absolute Gasteiger partial charge is 0.489 e. The van der Waals surface area contributed by atoms with E-state index in [2.05, 4.69) is 4.74 Å². The SMILES string of the molecule is N=C(N)c1cc2ccc(OCc3ccc(OC(F)(F)F)cc3)cc2s1. The number of fused-ring (bicyclic) bond motifs is 1. The van der Waals surface area contributed by atoms with Gasteiger partial charge in [0.2, 0.25) is 0 Å². The van der Waals surface area contributed by atoms with Gasteiger partial charge >= 0.3 is 6.36 Å². The third kappa shape index (κ3) is 4.42. The fraction of sp³-hybridized carbons (Fsp3) is 0.118. The van der Waals surface area contributed by atoms with Gasteiger partial charge < -0.3 is 15.2 Å². The van der Waals surface area contributed by atoms with Crippen LogP contribution in [0.1, 0.15) is 10.4 Å². The van der Waals surface area contributed by atoms with Gasteiger partial charge in [0.1, 0.15) is 23.9 Å². The lowest BCUT2D eigenvalue weighted by atomic mass is 10.2. The number of nitrogen functional groups attached to an aromatic ring is 1. The number of rotatable bonds is 5. The van der Waals surface area contributed by atoms with Gasteiger partial charge in [-0.1, -0.05) is 12.1 Å². The zero-order chi connectivity index (χ0) is 18.0. The molecule has 0 fully saturated rings. The van der Waals surface area contributed by atoms with Crippen LogP contribution in [0.4, 0.5) is 13.2 Å². The van der Waals surface area contributed by atoms with Gasteiger partial charge in [0, 0.05) is 4.70 Å². The molecule has 1 aromatic heterocycles. The second-order valence-corrected chi connectivity index (χ2v) is 6.29. The Morgan fingerprint density at radius 2 is 1.72 bits per heavy atom. The first kappa shape index (κ1) is 17.1. The van der Waals surface area contributed by atoms with Crippen molar-refractivity contribution in [2.75, 3.05) is 0 Å². The van der Waals surface area contributed by atoms with Gasteiger partial charge in [-0.15, -0.1) is 24.5 Å². The molecule has 0 radical (unpaired) electrons. The van der Waals surface area contributed by atoms with Crippen LogP contribution in [0.5, 0.6) is 11.5 Å². The maximum atomic E-state index is 12.1. The van der Waals surface area contributed by atoms with Crippen molar-refractivity contribution in [1.29, 1.82) is 5.41 Å². The first-order valence-electron chi connectivity index (χ1n) is 7.16. The minimum atomic E-state index is -4.70. The highest BCUT2D eigenvalue weighted by atomic mass is 32.1. The number of alkyl halides is 3. The van der Waals surface area contributed by atoms with Crippen LogP contribution in [0.3, 0.4) is 0 Å². The standard InChI is InChI=1S/C17H13F3N2O2S/c18-17(19,20)24-12-4-1-10(2-5-12)9-23-13-6-3-11-7-15(16(21)22)25-14(11)8-13/h1-8H,9H2,(H3,21,22). The van der Waals surface area contributed by atoms with Crippen LogP contribution in [0.2, 0.25) is 0 Å². The molecule has 3 rings (SSSR count). The number of nitrogens with two attached hydrogens (primary N) is 1. The number of nitrogens with one attached hydrogen (secondary N) is 1. The number of benzene rings is 2. The second-order valence-electron chi connectivity index (χ2n) is 5.20. The molecule has 3 N–H and O–H groups in total. The van der Waals surface area contributed by atoms with Crippen LogP contribution in [-0.4, -0.2) is 12.2 Å². The lowest BCUT2D eigenvalue weighted by molar-refractivity contribution is -0.274. The summed E-state index contributed by atoms with van der Waals surface area (Å²) in [6.07, 6.45) is -4.70. The molecule has 3 aromatic rings. The number of halogens is 3. The van der Waals surface area contributed by atoms with Crippen molar-refractivity contribution in [3.63, 3.8) is 0 Å². The summed E-state index contributed by atoms with van der Waals surface area (Å²) in [5.74, 6) is 0.373. The first-order chi connectivity index (χ1) is 11.8. The highest BCUT2D eigenvalue weighted by Crippen LogP contribution is 2.29. The van der Waals surface area contributed by atoms with Gasteiger partial charge in [0.05, 0.1) is 4.88 Å². The van der Waals surface area contributed by atoms with E-state index in [1.54, 1.807) is 6.07 Å². The highest BCUT2D eigenvalue weighted by molar-refractivity contribution is 7.20. The Labute approximate surface area is 145 Å². The lowest BCUT2D eigenvalue weighted by Gasteiger charge is -2.10. The second kappa shape index (κ2) is 6.64. The van der Waals surface area contributed by atoms with E-state index in [9.17, 15) is 13.2 Å². The van der Waals surface area contributed by atoms with Crippen LogP contribution in [0.15, 0.2) is 48.5 Å². The van der Waals surface area contributed by atoms with Crippen LogP contribution < -0.4 is 15.2 Å². The highest BCUT2D eigenvalue weighted by Gasteiger charge is 2.30. The predicted octanol–water partition coefficient (Wildman–Crippen LogP) is 4.66. The number of amidine groups is 1. The summed E-state index contributed by atoms with van der Waals surface area (Å²) >= 11 is 1.40. The molecule has 0 aliphatic heterocycles. The summed E-state index contributed by atoms with van der Waals surface area (Å²) < 4.78 is 46.8. The Kier molecular flexibility index (Phi) is 4.54. The van der Waals surface area contributed by atoms with Gasteiger partial charge in [-0.2, -0.15) is 0 Å². The summed E-state index contributed by atoms with van der Waals surface area (Å²) in [5, 5.41) is 8.43. The minimum absolute atomic E-state index is 0.0184. The van der Waals surface area contributed by atoms with Crippen LogP contribution in [0.25, 0.3) is 10.1 Å². The third-order valence-electron chi connectivity index (χ3n) is 3.32. The summed E-state index contributed by atoms with van der Waals surface area (Å²) in [6, 6.07) is 12.9. The topological polar surface area (TPSA) is 68.3 Å². The molecule has 8 heteroatoms. The Bertz CT molecular complexity index is 904. The fourth-order valence-corrected chi connectivity index (χ4v) is 3.14. The Hall–Kier alpha value is -2.74. The van der Waals surface area contributed by atoms with Gasteiger partial charge in [-0.3, -0.25) is 5.41 Å². The molecule has 0 aliphatic carbocycles. The molecule has 0 unspecified atom stereocenters. The van der Waals surface area contributed by atoms with Crippen molar-refractivity contribution in [3.05, 3.63) is 59.0 Å². The van der Waals surface area contributed by atoms with E-state index < -0.39 is 6.36 Å². The maximum Gasteiger partial charge on any atom is 0.573 e. The van der Waals surface area contributed by atoms with Gasteiger partial charge in [0.15, 0.2) is 0 Å². The van der Waals surface area contributed by atoms with Crippen molar-refractivity contribution in [2.24, 2.45) is 5.73 Å². The van der Waals surface area contributed by atoms with Crippen molar-refractivity contribution in [1.82, 2.24) is 0 Å². The van der Waals surface area contributed by atoms with E-state index >= 15 is 0 Å².